The molecule has 0 aliphatic carbocycles. The van der Waals surface area contributed by atoms with Gasteiger partial charge in [-0.1, -0.05) is 0 Å². The van der Waals surface area contributed by atoms with Crippen LogP contribution < -0.4 is 19.5 Å². The molecule has 1 unspecified atom stereocenters. The van der Waals surface area contributed by atoms with Gasteiger partial charge in [0.05, 0.1) is 34.0 Å². The van der Waals surface area contributed by atoms with Crippen LogP contribution in [0, 0.1) is 0 Å². The van der Waals surface area contributed by atoms with Crippen molar-refractivity contribution in [2.75, 3.05) is 41.0 Å². The van der Waals surface area contributed by atoms with Gasteiger partial charge in [0, 0.05) is 24.7 Å². The van der Waals surface area contributed by atoms with Gasteiger partial charge in [0.25, 0.3) is 0 Å². The van der Waals surface area contributed by atoms with Gasteiger partial charge in [0.1, 0.15) is 5.75 Å². The van der Waals surface area contributed by atoms with E-state index >= 15 is 0 Å². The molecule has 0 amide bonds. The van der Waals surface area contributed by atoms with Crippen molar-refractivity contribution in [3.8, 4) is 17.2 Å². The normalized spacial score (nSPS) is 19.4. The summed E-state index contributed by atoms with van der Waals surface area (Å²) in [7, 11) is 4.87. The molecule has 1 heterocycles. The fraction of sp³-hybridized carbons (Fsp3) is 0.538. The van der Waals surface area contributed by atoms with E-state index in [0.717, 1.165) is 24.4 Å². The third kappa shape index (κ3) is 2.52. The zero-order chi connectivity index (χ0) is 13.0. The predicted octanol–water partition coefficient (Wildman–Crippen LogP) is 1.37. The Balaban J connectivity index is 2.37. The summed E-state index contributed by atoms with van der Waals surface area (Å²) >= 11 is 0. The lowest BCUT2D eigenvalue weighted by atomic mass is 10.1. The molecule has 1 N–H and O–H groups in total. The zero-order valence-corrected chi connectivity index (χ0v) is 11.0. The Labute approximate surface area is 107 Å². The van der Waals surface area contributed by atoms with Gasteiger partial charge in [-0.25, -0.2) is 0 Å². The molecule has 5 heteroatoms. The highest BCUT2D eigenvalue weighted by Gasteiger charge is 2.22. The lowest BCUT2D eigenvalue weighted by molar-refractivity contribution is 0.0261. The molecule has 1 aliphatic heterocycles. The molecule has 1 aromatic rings. The molecular weight excluding hydrogens is 234 g/mol. The number of methoxy groups -OCH3 is 3. The fourth-order valence-electron chi connectivity index (χ4n) is 2.07. The number of benzene rings is 1. The minimum atomic E-state index is -0.0199. The molecule has 0 radical (unpaired) electrons. The SMILES string of the molecule is COc1cc(OC)c(C2CNCCO2)cc1OC. The number of morpholine rings is 1. The van der Waals surface area contributed by atoms with E-state index in [1.54, 1.807) is 21.3 Å². The molecule has 1 atom stereocenters. The molecule has 1 aliphatic rings. The summed E-state index contributed by atoms with van der Waals surface area (Å²) in [5, 5.41) is 3.30. The van der Waals surface area contributed by atoms with Gasteiger partial charge in [0.15, 0.2) is 11.5 Å². The predicted molar refractivity (Wildman–Crippen MR) is 67.7 cm³/mol. The lowest BCUT2D eigenvalue weighted by Crippen LogP contribution is -2.33. The number of hydrogen-bond donors (Lipinski definition) is 1. The van der Waals surface area contributed by atoms with E-state index in [9.17, 15) is 0 Å². The van der Waals surface area contributed by atoms with E-state index in [2.05, 4.69) is 5.32 Å². The van der Waals surface area contributed by atoms with Crippen LogP contribution in [0.25, 0.3) is 0 Å². The Morgan fingerprint density at radius 1 is 1.06 bits per heavy atom. The summed E-state index contributed by atoms with van der Waals surface area (Å²) in [6, 6.07) is 3.74. The minimum absolute atomic E-state index is 0.0199. The smallest absolute Gasteiger partial charge is 0.164 e. The molecule has 1 aromatic carbocycles. The maximum Gasteiger partial charge on any atom is 0.164 e. The number of hydrogen-bond acceptors (Lipinski definition) is 5. The molecule has 1 fully saturated rings. The highest BCUT2D eigenvalue weighted by molar-refractivity contribution is 5.51. The second kappa shape index (κ2) is 5.93. The first-order chi connectivity index (χ1) is 8.80. The molecular formula is C13H19NO4. The van der Waals surface area contributed by atoms with Crippen LogP contribution in [0.4, 0.5) is 0 Å². The van der Waals surface area contributed by atoms with Crippen LogP contribution >= 0.6 is 0 Å². The molecule has 0 spiro atoms. The van der Waals surface area contributed by atoms with E-state index in [0.29, 0.717) is 18.1 Å². The van der Waals surface area contributed by atoms with Gasteiger partial charge >= 0.3 is 0 Å². The van der Waals surface area contributed by atoms with Gasteiger partial charge in [-0.2, -0.15) is 0 Å². The molecule has 100 valence electrons. The minimum Gasteiger partial charge on any atom is -0.496 e. The molecule has 1 saturated heterocycles. The molecule has 0 saturated carbocycles. The summed E-state index contributed by atoms with van der Waals surface area (Å²) in [5.41, 5.74) is 0.974. The van der Waals surface area contributed by atoms with Gasteiger partial charge < -0.3 is 24.3 Å². The Morgan fingerprint density at radius 3 is 2.28 bits per heavy atom. The van der Waals surface area contributed by atoms with Crippen molar-refractivity contribution in [2.24, 2.45) is 0 Å². The van der Waals surface area contributed by atoms with Crippen LogP contribution in [0.5, 0.6) is 17.2 Å². The van der Waals surface area contributed by atoms with Gasteiger partial charge in [-0.3, -0.25) is 0 Å². The third-order valence-corrected chi connectivity index (χ3v) is 3.01. The quantitative estimate of drug-likeness (QED) is 0.878. The standard InChI is InChI=1S/C13H19NO4/c1-15-10-7-12(17-3)11(16-2)6-9(10)13-8-14-4-5-18-13/h6-7,13-14H,4-5,8H2,1-3H3. The third-order valence-electron chi connectivity index (χ3n) is 3.01. The van der Waals surface area contributed by atoms with Crippen molar-refractivity contribution in [3.05, 3.63) is 17.7 Å². The van der Waals surface area contributed by atoms with Gasteiger partial charge in [0.2, 0.25) is 0 Å². The zero-order valence-electron chi connectivity index (χ0n) is 11.0. The van der Waals surface area contributed by atoms with Crippen molar-refractivity contribution in [3.63, 3.8) is 0 Å². The van der Waals surface area contributed by atoms with E-state index in [-0.39, 0.29) is 6.10 Å². The van der Waals surface area contributed by atoms with Crippen LogP contribution in [-0.4, -0.2) is 41.0 Å². The van der Waals surface area contributed by atoms with Crippen LogP contribution in [0.2, 0.25) is 0 Å². The van der Waals surface area contributed by atoms with Crippen molar-refractivity contribution >= 4 is 0 Å². The average molecular weight is 253 g/mol. The van der Waals surface area contributed by atoms with Crippen LogP contribution in [0.3, 0.4) is 0 Å². The monoisotopic (exact) mass is 253 g/mol. The molecule has 2 rings (SSSR count). The second-order valence-corrected chi connectivity index (χ2v) is 4.01. The first kappa shape index (κ1) is 13.0. The van der Waals surface area contributed by atoms with Crippen LogP contribution in [0.1, 0.15) is 11.7 Å². The molecule has 0 bridgehead atoms. The topological polar surface area (TPSA) is 49.0 Å². The highest BCUT2D eigenvalue weighted by atomic mass is 16.5. The van der Waals surface area contributed by atoms with Crippen LogP contribution in [0.15, 0.2) is 12.1 Å². The summed E-state index contributed by atoms with van der Waals surface area (Å²) < 4.78 is 21.7. The number of rotatable bonds is 4. The lowest BCUT2D eigenvalue weighted by Gasteiger charge is -2.26. The Hall–Kier alpha value is -1.46. The van der Waals surface area contributed by atoms with Crippen molar-refractivity contribution in [2.45, 2.75) is 6.10 Å². The summed E-state index contributed by atoms with van der Waals surface area (Å²) in [6.07, 6.45) is -0.0199. The molecule has 5 nitrogen and oxygen atoms in total. The first-order valence-corrected chi connectivity index (χ1v) is 5.92. The maximum absolute atomic E-state index is 5.74. The second-order valence-electron chi connectivity index (χ2n) is 4.01. The Morgan fingerprint density at radius 2 is 1.72 bits per heavy atom. The van der Waals surface area contributed by atoms with Crippen LogP contribution in [-0.2, 0) is 4.74 Å². The summed E-state index contributed by atoms with van der Waals surface area (Å²) in [6.45, 7) is 2.35. The summed E-state index contributed by atoms with van der Waals surface area (Å²) in [5.74, 6) is 2.09. The fourth-order valence-corrected chi connectivity index (χ4v) is 2.07. The Kier molecular flexibility index (Phi) is 4.28. The maximum atomic E-state index is 5.74. The first-order valence-electron chi connectivity index (χ1n) is 5.92. The van der Waals surface area contributed by atoms with E-state index < -0.39 is 0 Å². The number of ether oxygens (including phenoxy) is 4. The number of nitrogens with one attached hydrogen (secondary N) is 1. The molecule has 0 aromatic heterocycles. The summed E-state index contributed by atoms with van der Waals surface area (Å²) in [4.78, 5) is 0. The Bertz CT molecular complexity index is 402. The average Bonchev–Trinajstić information content (AvgIpc) is 2.46. The largest absolute Gasteiger partial charge is 0.496 e. The van der Waals surface area contributed by atoms with E-state index in [1.807, 2.05) is 12.1 Å². The van der Waals surface area contributed by atoms with Gasteiger partial charge in [-0.15, -0.1) is 0 Å². The van der Waals surface area contributed by atoms with Crippen molar-refractivity contribution in [1.82, 2.24) is 5.32 Å². The van der Waals surface area contributed by atoms with E-state index in [4.69, 9.17) is 18.9 Å². The van der Waals surface area contributed by atoms with Crippen molar-refractivity contribution in [1.29, 1.82) is 0 Å². The van der Waals surface area contributed by atoms with Gasteiger partial charge in [-0.05, 0) is 6.07 Å². The van der Waals surface area contributed by atoms with E-state index in [1.165, 1.54) is 0 Å². The molecule has 18 heavy (non-hydrogen) atoms. The van der Waals surface area contributed by atoms with Crippen molar-refractivity contribution < 1.29 is 18.9 Å². The highest BCUT2D eigenvalue weighted by Crippen LogP contribution is 2.38.